The number of methoxy groups -OCH3 is 2. The smallest absolute Gasteiger partial charge is 0.333 e. The van der Waals surface area contributed by atoms with E-state index in [0.29, 0.717) is 36.0 Å². The second-order valence-electron chi connectivity index (χ2n) is 18.7. The highest BCUT2D eigenvalue weighted by Gasteiger charge is 2.65. The number of aromatic hydroxyl groups is 2. The standard InChI is InChI=1S/C46H63N13O17/c1-75-44(73)35-33-29-19-10-11-20(30(29)34(33)36(57-56-35)45(74)76-2)32-31(19)41(69)59(42(32)70)13-4-3-7-21(47)37(65)51-16-26(61)53-22(8-5-12-50-46(48)49)38(66)52-17-27(62)54-23(15-28(63)64)39(67)55-24(18-60)40(68)58-14-6-9-25(58)43(71)72/h10-11,19,21-25,29,33-36,60,69-70H,3-9,12-18,47H2,1-2H3,(H,51,65)(H,52,66)(H,53,61)(H,54,62)(H,55,67)(H,63,64)(H,71,72)(H4,48,49,50)/t19?,21-,22?,23?,24?,25?,29?,33?,34?,35?,36?/m0/s1. The quantitative estimate of drug-likeness (QED) is 0.0180. The van der Waals surface area contributed by atoms with Gasteiger partial charge in [-0.05, 0) is 56.4 Å². The number of nitrogens with two attached hydrogens (primary N) is 3. The van der Waals surface area contributed by atoms with Crippen LogP contribution in [0.15, 0.2) is 32.9 Å². The highest BCUT2D eigenvalue weighted by atomic mass is 16.5. The summed E-state index contributed by atoms with van der Waals surface area (Å²) in [6.07, 6.45) is 3.97. The molecule has 3 heterocycles. The fourth-order valence-corrected chi connectivity index (χ4v) is 10.5. The monoisotopic (exact) mass is 1070 g/mol. The second-order valence-corrected chi connectivity index (χ2v) is 18.7. The Morgan fingerprint density at radius 3 is 2.08 bits per heavy atom. The molecule has 1 aromatic rings. The van der Waals surface area contributed by atoms with E-state index in [1.807, 2.05) is 12.2 Å². The van der Waals surface area contributed by atoms with Crippen LogP contribution in [0.2, 0.25) is 0 Å². The van der Waals surface area contributed by atoms with Gasteiger partial charge in [0.05, 0.1) is 51.9 Å². The van der Waals surface area contributed by atoms with E-state index >= 15 is 0 Å². The number of aromatic nitrogens is 1. The molecule has 0 radical (unpaired) electrons. The number of aliphatic hydroxyl groups excluding tert-OH is 1. The number of azo groups is 1. The SMILES string of the molecule is COC(=O)C1N=NC(C(=O)OC)C2C1C1=C3C=CC(c4c3c(O)n(CCCC[C@H](N)C(=O)NCC(=O)NC(CCCN=C(N)N)C(=O)NCC(=O)NC(CC(=O)O)C(=O)NC(CO)C(=O)N3CCCC3C(=O)O)c4O)C12. The molecule has 10 unspecified atom stereocenters. The highest BCUT2D eigenvalue weighted by Crippen LogP contribution is 2.68. The third-order valence-electron chi connectivity index (χ3n) is 14.0. The minimum absolute atomic E-state index is 0.0293. The van der Waals surface area contributed by atoms with Crippen LogP contribution in [-0.2, 0) is 64.0 Å². The van der Waals surface area contributed by atoms with Gasteiger partial charge in [0.2, 0.25) is 41.3 Å². The molecule has 1 aromatic heterocycles. The van der Waals surface area contributed by atoms with Gasteiger partial charge in [-0.15, -0.1) is 0 Å². The van der Waals surface area contributed by atoms with Crippen molar-refractivity contribution in [3.63, 3.8) is 0 Å². The Morgan fingerprint density at radius 2 is 1.45 bits per heavy atom. The van der Waals surface area contributed by atoms with E-state index in [2.05, 4.69) is 41.8 Å². The predicted molar refractivity (Wildman–Crippen MR) is 259 cm³/mol. The maximum Gasteiger partial charge on any atom is 0.333 e. The summed E-state index contributed by atoms with van der Waals surface area (Å²) in [5, 5.41) is 71.4. The van der Waals surface area contributed by atoms with Gasteiger partial charge in [0.1, 0.15) is 24.2 Å². The van der Waals surface area contributed by atoms with Gasteiger partial charge in [0.25, 0.3) is 0 Å². The molecule has 7 rings (SSSR count). The van der Waals surface area contributed by atoms with E-state index in [1.54, 1.807) is 0 Å². The number of esters is 2. The van der Waals surface area contributed by atoms with Crippen molar-refractivity contribution < 1.29 is 83.0 Å². The number of guanidine groups is 1. The molecule has 16 N–H and O–H groups in total. The van der Waals surface area contributed by atoms with E-state index in [9.17, 15) is 73.5 Å². The first-order chi connectivity index (χ1) is 36.1. The molecule has 414 valence electrons. The fourth-order valence-electron chi connectivity index (χ4n) is 10.5. The van der Waals surface area contributed by atoms with Crippen molar-refractivity contribution in [2.24, 2.45) is 50.2 Å². The Morgan fingerprint density at radius 1 is 0.803 bits per heavy atom. The van der Waals surface area contributed by atoms with Crippen LogP contribution in [0.4, 0.5) is 0 Å². The van der Waals surface area contributed by atoms with Gasteiger partial charge in [-0.3, -0.25) is 43.1 Å². The number of fused-ring (bicyclic) bond motifs is 1. The Hall–Kier alpha value is -8.15. The summed E-state index contributed by atoms with van der Waals surface area (Å²) in [5.74, 6) is -12.3. The number of nitrogens with zero attached hydrogens (tertiary/aromatic N) is 5. The van der Waals surface area contributed by atoms with E-state index in [0.717, 1.165) is 10.5 Å². The Kier molecular flexibility index (Phi) is 18.7. The first kappa shape index (κ1) is 57.1. The number of carbonyl (C=O) groups is 10. The summed E-state index contributed by atoms with van der Waals surface area (Å²) < 4.78 is 11.3. The molecule has 2 aliphatic heterocycles. The number of aliphatic carboxylic acids is 2. The lowest BCUT2D eigenvalue weighted by Gasteiger charge is -2.58. The number of rotatable bonds is 26. The molecular weight excluding hydrogens is 1010 g/mol. The minimum Gasteiger partial charge on any atom is -0.494 e. The average Bonchev–Trinajstić information content (AvgIpc) is 4.01. The maximum atomic E-state index is 13.3. The summed E-state index contributed by atoms with van der Waals surface area (Å²) in [6.45, 7) is -2.31. The van der Waals surface area contributed by atoms with Crippen LogP contribution in [0.25, 0.3) is 5.57 Å². The van der Waals surface area contributed by atoms with Crippen molar-refractivity contribution in [2.45, 2.75) is 106 Å². The zero-order valence-electron chi connectivity index (χ0n) is 41.5. The molecule has 76 heavy (non-hydrogen) atoms. The minimum atomic E-state index is -1.83. The van der Waals surface area contributed by atoms with E-state index in [4.69, 9.17) is 26.7 Å². The van der Waals surface area contributed by atoms with Gasteiger partial charge in [0.15, 0.2) is 23.9 Å². The molecule has 30 heteroatoms. The molecule has 6 aliphatic rings. The van der Waals surface area contributed by atoms with Crippen LogP contribution >= 0.6 is 0 Å². The number of carbonyl (C=O) groups excluding carboxylic acids is 8. The first-order valence-corrected chi connectivity index (χ1v) is 24.4. The predicted octanol–water partition coefficient (Wildman–Crippen LogP) is -4.49. The third-order valence-corrected chi connectivity index (χ3v) is 14.0. The number of allylic oxidation sites excluding steroid dienone is 3. The zero-order chi connectivity index (χ0) is 55.7. The van der Waals surface area contributed by atoms with Gasteiger partial charge in [-0.2, -0.15) is 10.2 Å². The molecule has 2 fully saturated rings. The summed E-state index contributed by atoms with van der Waals surface area (Å²) in [6, 6.07) is -9.17. The zero-order valence-corrected chi connectivity index (χ0v) is 41.5. The number of aliphatic imine (C=N–C) groups is 1. The van der Waals surface area contributed by atoms with Crippen LogP contribution < -0.4 is 43.8 Å². The van der Waals surface area contributed by atoms with Gasteiger partial charge < -0.3 is 83.7 Å². The lowest BCUT2D eigenvalue weighted by atomic mass is 9.46. The van der Waals surface area contributed by atoms with Gasteiger partial charge >= 0.3 is 23.9 Å². The largest absolute Gasteiger partial charge is 0.494 e. The highest BCUT2D eigenvalue weighted by molar-refractivity contribution is 5.97. The molecular formula is C46H63N13O17. The van der Waals surface area contributed by atoms with Gasteiger partial charge in [0, 0.05) is 43.0 Å². The number of nitrogens with one attached hydrogen (secondary N) is 5. The normalized spacial score (nSPS) is 22.9. The van der Waals surface area contributed by atoms with Crippen molar-refractivity contribution in [3.8, 4) is 11.8 Å². The molecule has 1 saturated carbocycles. The Balaban J connectivity index is 0.990. The van der Waals surface area contributed by atoms with Crippen molar-refractivity contribution in [1.29, 1.82) is 0 Å². The van der Waals surface area contributed by atoms with Crippen molar-refractivity contribution in [2.75, 3.05) is 47.0 Å². The van der Waals surface area contributed by atoms with Crippen molar-refractivity contribution >= 4 is 70.9 Å². The van der Waals surface area contributed by atoms with Crippen molar-refractivity contribution in [1.82, 2.24) is 36.1 Å². The number of carboxylic acid groups (broad SMARTS) is 2. The third kappa shape index (κ3) is 12.3. The number of hydrogen-bond donors (Lipinski definition) is 13. The van der Waals surface area contributed by atoms with Crippen LogP contribution in [-0.4, -0.2) is 190 Å². The summed E-state index contributed by atoms with van der Waals surface area (Å²) in [7, 11) is 2.45. The number of amides is 6. The number of unbranched alkanes of at least 4 members (excludes halogenated alkanes) is 1. The summed E-state index contributed by atoms with van der Waals surface area (Å²) >= 11 is 0. The molecule has 6 amide bonds. The number of ether oxygens (including phenoxy) is 2. The fraction of sp³-hybridized carbons (Fsp3) is 0.587. The Bertz CT molecular complexity index is 2610. The molecule has 4 aliphatic carbocycles. The lowest BCUT2D eigenvalue weighted by molar-refractivity contribution is -0.152. The topological polar surface area (TPSA) is 474 Å². The van der Waals surface area contributed by atoms with E-state index in [-0.39, 0.29) is 69.0 Å². The first-order valence-electron chi connectivity index (χ1n) is 24.4. The van der Waals surface area contributed by atoms with Gasteiger partial charge in [-0.25, -0.2) is 14.4 Å². The van der Waals surface area contributed by atoms with Crippen LogP contribution in [0.1, 0.15) is 68.4 Å². The molecule has 2 bridgehead atoms. The molecule has 1 saturated heterocycles. The summed E-state index contributed by atoms with van der Waals surface area (Å²) in [4.78, 5) is 132. The van der Waals surface area contributed by atoms with Gasteiger partial charge in [-0.1, -0.05) is 17.7 Å². The summed E-state index contributed by atoms with van der Waals surface area (Å²) in [5.41, 5.74) is 19.2. The number of hydrogen-bond acceptors (Lipinski definition) is 19. The van der Waals surface area contributed by atoms with Crippen LogP contribution in [0.5, 0.6) is 11.8 Å². The van der Waals surface area contributed by atoms with Crippen LogP contribution in [0.3, 0.4) is 0 Å². The second kappa shape index (κ2) is 24.9. The van der Waals surface area contributed by atoms with Crippen molar-refractivity contribution in [3.05, 3.63) is 28.9 Å². The Labute approximate surface area is 432 Å². The number of aliphatic hydroxyl groups is 1. The molecule has 30 nitrogen and oxygen atoms in total. The molecule has 0 aromatic carbocycles. The number of likely N-dealkylation sites (tertiary alicyclic amines) is 1. The van der Waals surface area contributed by atoms with Crippen LogP contribution in [0, 0.1) is 17.8 Å². The molecule has 11 atom stereocenters. The van der Waals surface area contributed by atoms with E-state index < -0.39 is 145 Å². The average molecular weight is 1070 g/mol. The maximum absolute atomic E-state index is 13.3. The molecule has 0 spiro atoms. The van der Waals surface area contributed by atoms with E-state index in [1.165, 1.54) is 18.8 Å². The lowest BCUT2D eigenvalue weighted by Crippen LogP contribution is -2.59. The number of carboxylic acids is 2.